The molecule has 0 fully saturated rings. The van der Waals surface area contributed by atoms with Crippen molar-refractivity contribution in [1.29, 1.82) is 0 Å². The predicted octanol–water partition coefficient (Wildman–Crippen LogP) is 3.58. The smallest absolute Gasteiger partial charge is 0.265 e. The predicted molar refractivity (Wildman–Crippen MR) is 80.8 cm³/mol. The number of hydrogen-bond acceptors (Lipinski definition) is 5. The van der Waals surface area contributed by atoms with E-state index in [0.29, 0.717) is 22.2 Å². The fraction of sp³-hybridized carbons (Fsp3) is 0. The van der Waals surface area contributed by atoms with Crippen molar-refractivity contribution in [1.82, 2.24) is 9.97 Å². The average molecular weight is 297 g/mol. The summed E-state index contributed by atoms with van der Waals surface area (Å²) in [7, 11) is 0. The summed E-state index contributed by atoms with van der Waals surface area (Å²) in [6.07, 6.45) is 4.65. The second kappa shape index (κ2) is 6.15. The van der Waals surface area contributed by atoms with Crippen molar-refractivity contribution in [3.63, 3.8) is 0 Å². The summed E-state index contributed by atoms with van der Waals surface area (Å²) in [5.41, 5.74) is 0.662. The van der Waals surface area contributed by atoms with Gasteiger partial charge in [0.15, 0.2) is 0 Å². The second-order valence-electron chi connectivity index (χ2n) is 4.10. The van der Waals surface area contributed by atoms with E-state index in [1.165, 1.54) is 17.5 Å². The van der Waals surface area contributed by atoms with E-state index in [1.807, 2.05) is 11.4 Å². The third-order valence-corrected chi connectivity index (χ3v) is 3.47. The van der Waals surface area contributed by atoms with Crippen molar-refractivity contribution in [2.75, 3.05) is 5.32 Å². The van der Waals surface area contributed by atoms with Crippen LogP contribution in [-0.4, -0.2) is 15.9 Å². The quantitative estimate of drug-likeness (QED) is 0.799. The maximum atomic E-state index is 12.0. The Morgan fingerprint density at radius 3 is 2.90 bits per heavy atom. The van der Waals surface area contributed by atoms with Crippen LogP contribution >= 0.6 is 11.3 Å². The first-order valence-corrected chi connectivity index (χ1v) is 7.08. The zero-order chi connectivity index (χ0) is 14.5. The molecule has 0 saturated carbocycles. The van der Waals surface area contributed by atoms with Crippen molar-refractivity contribution in [3.05, 3.63) is 65.2 Å². The molecule has 0 bridgehead atoms. The third-order valence-electron chi connectivity index (χ3n) is 2.60. The highest BCUT2D eigenvalue weighted by Gasteiger charge is 2.07. The molecule has 0 aliphatic rings. The first kappa shape index (κ1) is 13.3. The molecule has 0 unspecified atom stereocenters. The topological polar surface area (TPSA) is 64.1 Å². The van der Waals surface area contributed by atoms with Crippen LogP contribution in [0.1, 0.15) is 9.67 Å². The van der Waals surface area contributed by atoms with Gasteiger partial charge in [0.1, 0.15) is 5.75 Å². The molecule has 0 saturated heterocycles. The van der Waals surface area contributed by atoms with E-state index >= 15 is 0 Å². The van der Waals surface area contributed by atoms with Gasteiger partial charge in [-0.15, -0.1) is 11.3 Å². The van der Waals surface area contributed by atoms with Crippen molar-refractivity contribution in [3.8, 4) is 11.6 Å². The Hall–Kier alpha value is -2.73. The van der Waals surface area contributed by atoms with E-state index in [9.17, 15) is 4.79 Å². The molecular formula is C15H11N3O2S. The fourth-order valence-electron chi connectivity index (χ4n) is 1.70. The Labute approximate surface area is 125 Å². The molecule has 0 spiro atoms. The maximum absolute atomic E-state index is 12.0. The van der Waals surface area contributed by atoms with Crippen LogP contribution in [0.4, 0.5) is 5.69 Å². The van der Waals surface area contributed by atoms with E-state index in [2.05, 4.69) is 15.3 Å². The van der Waals surface area contributed by atoms with Crippen molar-refractivity contribution in [2.45, 2.75) is 0 Å². The largest absolute Gasteiger partial charge is 0.437 e. The van der Waals surface area contributed by atoms with Crippen LogP contribution in [-0.2, 0) is 0 Å². The molecule has 104 valence electrons. The summed E-state index contributed by atoms with van der Waals surface area (Å²) >= 11 is 1.40. The number of ether oxygens (including phenoxy) is 1. The minimum atomic E-state index is -0.137. The number of rotatable bonds is 4. The van der Waals surface area contributed by atoms with E-state index in [4.69, 9.17) is 4.74 Å². The molecule has 21 heavy (non-hydrogen) atoms. The molecule has 1 aromatic carbocycles. The number of anilines is 1. The highest BCUT2D eigenvalue weighted by Crippen LogP contribution is 2.22. The molecule has 0 aliphatic heterocycles. The summed E-state index contributed by atoms with van der Waals surface area (Å²) in [6, 6.07) is 10.7. The van der Waals surface area contributed by atoms with Crippen LogP contribution < -0.4 is 10.1 Å². The lowest BCUT2D eigenvalue weighted by Crippen LogP contribution is -2.09. The standard InChI is InChI=1S/C15H11N3O2S/c19-15(13-5-2-8-21-13)18-11-3-1-4-12(9-11)20-14-10-16-6-7-17-14/h1-10H,(H,18,19). The molecule has 2 aromatic heterocycles. The molecule has 0 aliphatic carbocycles. The van der Waals surface area contributed by atoms with Gasteiger partial charge in [0.25, 0.3) is 5.91 Å². The first-order chi connectivity index (χ1) is 10.3. The summed E-state index contributed by atoms with van der Waals surface area (Å²) in [6.45, 7) is 0. The lowest BCUT2D eigenvalue weighted by molar-refractivity contribution is 0.103. The SMILES string of the molecule is O=C(Nc1cccc(Oc2cnccn2)c1)c1cccs1. The van der Waals surface area contributed by atoms with Crippen LogP contribution in [0.2, 0.25) is 0 Å². The van der Waals surface area contributed by atoms with Crippen LogP contribution in [0.25, 0.3) is 0 Å². The third kappa shape index (κ3) is 3.43. The van der Waals surface area contributed by atoms with Crippen molar-refractivity contribution >= 4 is 22.9 Å². The number of carbonyl (C=O) groups is 1. The van der Waals surface area contributed by atoms with Crippen LogP contribution in [0.15, 0.2) is 60.4 Å². The highest BCUT2D eigenvalue weighted by atomic mass is 32.1. The average Bonchev–Trinajstić information content (AvgIpc) is 3.03. The molecule has 1 amide bonds. The Balaban J connectivity index is 1.73. The Morgan fingerprint density at radius 1 is 1.19 bits per heavy atom. The monoisotopic (exact) mass is 297 g/mol. The lowest BCUT2D eigenvalue weighted by atomic mass is 10.3. The number of nitrogens with zero attached hydrogens (tertiary/aromatic N) is 2. The normalized spacial score (nSPS) is 10.1. The molecule has 2 heterocycles. The molecule has 1 N–H and O–H groups in total. The van der Waals surface area contributed by atoms with Gasteiger partial charge >= 0.3 is 0 Å². The molecule has 5 nitrogen and oxygen atoms in total. The zero-order valence-corrected chi connectivity index (χ0v) is 11.7. The summed E-state index contributed by atoms with van der Waals surface area (Å²) in [5.74, 6) is 0.848. The van der Waals surface area contributed by atoms with E-state index in [-0.39, 0.29) is 5.91 Å². The number of benzene rings is 1. The molecule has 3 rings (SSSR count). The molecule has 3 aromatic rings. The van der Waals surface area contributed by atoms with Gasteiger partial charge < -0.3 is 10.1 Å². The number of hydrogen-bond donors (Lipinski definition) is 1. The van der Waals surface area contributed by atoms with Gasteiger partial charge in [0.05, 0.1) is 11.1 Å². The Morgan fingerprint density at radius 2 is 2.14 bits per heavy atom. The molecule has 0 radical (unpaired) electrons. The number of nitrogens with one attached hydrogen (secondary N) is 1. The number of carbonyl (C=O) groups excluding carboxylic acids is 1. The van der Waals surface area contributed by atoms with Crippen molar-refractivity contribution < 1.29 is 9.53 Å². The van der Waals surface area contributed by atoms with Gasteiger partial charge in [-0.2, -0.15) is 0 Å². The number of aromatic nitrogens is 2. The van der Waals surface area contributed by atoms with Crippen molar-refractivity contribution in [2.24, 2.45) is 0 Å². The second-order valence-corrected chi connectivity index (χ2v) is 5.05. The number of amides is 1. The van der Waals surface area contributed by atoms with Crippen LogP contribution in [0.5, 0.6) is 11.6 Å². The first-order valence-electron chi connectivity index (χ1n) is 6.20. The van der Waals surface area contributed by atoms with Gasteiger partial charge in [-0.05, 0) is 23.6 Å². The zero-order valence-electron chi connectivity index (χ0n) is 10.9. The maximum Gasteiger partial charge on any atom is 0.265 e. The van der Waals surface area contributed by atoms with Gasteiger partial charge in [0, 0.05) is 24.1 Å². The summed E-state index contributed by atoms with van der Waals surface area (Å²) < 4.78 is 5.57. The van der Waals surface area contributed by atoms with Crippen LogP contribution in [0.3, 0.4) is 0 Å². The Kier molecular flexibility index (Phi) is 3.88. The Bertz CT molecular complexity index is 730. The highest BCUT2D eigenvalue weighted by molar-refractivity contribution is 7.12. The van der Waals surface area contributed by atoms with Gasteiger partial charge in [-0.1, -0.05) is 12.1 Å². The van der Waals surface area contributed by atoms with Crippen LogP contribution in [0, 0.1) is 0 Å². The minimum Gasteiger partial charge on any atom is -0.437 e. The van der Waals surface area contributed by atoms with E-state index in [0.717, 1.165) is 0 Å². The van der Waals surface area contributed by atoms with Gasteiger partial charge in [-0.25, -0.2) is 4.98 Å². The fourth-order valence-corrected chi connectivity index (χ4v) is 2.32. The minimum absolute atomic E-state index is 0.137. The molecule has 0 atom stereocenters. The summed E-state index contributed by atoms with van der Waals surface area (Å²) in [5, 5.41) is 4.69. The van der Waals surface area contributed by atoms with E-state index in [1.54, 1.807) is 42.7 Å². The molecule has 6 heteroatoms. The van der Waals surface area contributed by atoms with Gasteiger partial charge in [0.2, 0.25) is 5.88 Å². The lowest BCUT2D eigenvalue weighted by Gasteiger charge is -2.07. The molecular weight excluding hydrogens is 286 g/mol. The van der Waals surface area contributed by atoms with E-state index < -0.39 is 0 Å². The number of thiophene rings is 1. The van der Waals surface area contributed by atoms with Gasteiger partial charge in [-0.3, -0.25) is 9.78 Å². The summed E-state index contributed by atoms with van der Waals surface area (Å²) in [4.78, 5) is 20.6.